The normalized spacial score (nSPS) is 15.4. The molecule has 220 valence electrons. The van der Waals surface area contributed by atoms with Crippen molar-refractivity contribution in [1.82, 2.24) is 9.80 Å². The fourth-order valence-corrected chi connectivity index (χ4v) is 6.01. The molecule has 0 N–H and O–H groups in total. The maximum atomic E-state index is 2.69. The maximum absolute atomic E-state index is 2.69. The van der Waals surface area contributed by atoms with Gasteiger partial charge in [0.2, 0.25) is 0 Å². The van der Waals surface area contributed by atoms with Crippen molar-refractivity contribution in [2.75, 3.05) is 13.1 Å². The van der Waals surface area contributed by atoms with Crippen LogP contribution in [0.4, 0.5) is 0 Å². The molecule has 0 spiro atoms. The zero-order chi connectivity index (χ0) is 26.7. The highest BCUT2D eigenvalue weighted by molar-refractivity contribution is 4.97. The second kappa shape index (κ2) is 26.9. The first kappa shape index (κ1) is 34.4. The highest BCUT2D eigenvalue weighted by Crippen LogP contribution is 2.24. The Morgan fingerprint density at radius 3 is 1.00 bits per heavy atom. The summed E-state index contributed by atoms with van der Waals surface area (Å²) in [6.45, 7) is 9.46. The van der Waals surface area contributed by atoms with Gasteiger partial charge in [-0.1, -0.05) is 168 Å². The van der Waals surface area contributed by atoms with Crippen LogP contribution >= 0.6 is 0 Å². The van der Waals surface area contributed by atoms with Crippen molar-refractivity contribution in [2.45, 2.75) is 200 Å². The highest BCUT2D eigenvalue weighted by atomic mass is 15.4. The molecule has 2 nitrogen and oxygen atoms in total. The zero-order valence-electron chi connectivity index (χ0n) is 26.1. The van der Waals surface area contributed by atoms with Crippen LogP contribution in [0.15, 0.2) is 12.4 Å². The minimum absolute atomic E-state index is 0.642. The second-order valence-electron chi connectivity index (χ2n) is 12.2. The molecule has 0 aromatic rings. The molecule has 1 atom stereocenters. The van der Waals surface area contributed by atoms with Crippen LogP contribution < -0.4 is 0 Å². The molecule has 0 aromatic carbocycles. The van der Waals surface area contributed by atoms with Crippen LogP contribution in [-0.2, 0) is 0 Å². The molecule has 37 heavy (non-hydrogen) atoms. The summed E-state index contributed by atoms with van der Waals surface area (Å²) in [4.78, 5) is 5.37. The molecule has 2 heteroatoms. The maximum Gasteiger partial charge on any atom is 0.101 e. The molecule has 1 aliphatic heterocycles. The van der Waals surface area contributed by atoms with Crippen molar-refractivity contribution >= 4 is 0 Å². The average Bonchev–Trinajstić information content (AvgIpc) is 3.29. The summed E-state index contributed by atoms with van der Waals surface area (Å²) in [6.07, 6.45) is 44.0. The Bertz CT molecular complexity index is 474. The molecule has 0 bridgehead atoms. The van der Waals surface area contributed by atoms with Crippen LogP contribution in [-0.4, -0.2) is 29.1 Å². The molecule has 0 aromatic heterocycles. The van der Waals surface area contributed by atoms with E-state index in [0.29, 0.717) is 6.17 Å². The number of unbranched alkanes of at least 4 members (excludes halogenated alkanes) is 23. The lowest BCUT2D eigenvalue weighted by molar-refractivity contribution is 0.135. The van der Waals surface area contributed by atoms with E-state index in [4.69, 9.17) is 0 Å². The van der Waals surface area contributed by atoms with Gasteiger partial charge in [0.15, 0.2) is 0 Å². The summed E-state index contributed by atoms with van der Waals surface area (Å²) in [5.74, 6) is 0. The van der Waals surface area contributed by atoms with Crippen LogP contribution in [0.5, 0.6) is 0 Å². The zero-order valence-corrected chi connectivity index (χ0v) is 26.1. The summed E-state index contributed by atoms with van der Waals surface area (Å²) in [6, 6.07) is 0. The second-order valence-corrected chi connectivity index (χ2v) is 12.2. The Hall–Kier alpha value is -0.660. The van der Waals surface area contributed by atoms with Gasteiger partial charge in [-0.2, -0.15) is 0 Å². The van der Waals surface area contributed by atoms with E-state index >= 15 is 0 Å². The Morgan fingerprint density at radius 2 is 0.622 bits per heavy atom. The van der Waals surface area contributed by atoms with E-state index in [-0.39, 0.29) is 0 Å². The van der Waals surface area contributed by atoms with Gasteiger partial charge in [0, 0.05) is 25.5 Å². The van der Waals surface area contributed by atoms with E-state index in [1.165, 1.54) is 186 Å². The smallest absolute Gasteiger partial charge is 0.101 e. The van der Waals surface area contributed by atoms with Gasteiger partial charge in [-0.3, -0.25) is 0 Å². The molecular formula is C35H70N2. The molecule has 1 unspecified atom stereocenters. The van der Waals surface area contributed by atoms with Crippen molar-refractivity contribution in [3.8, 4) is 0 Å². The third-order valence-corrected chi connectivity index (χ3v) is 8.57. The SMILES string of the molecule is CCCCCCCCCCCCCCN1C=CN(CCCCC)C1CCCCCCCCCCCCC. The third kappa shape index (κ3) is 20.0. The van der Waals surface area contributed by atoms with E-state index in [2.05, 4.69) is 43.0 Å². The highest BCUT2D eigenvalue weighted by Gasteiger charge is 2.24. The van der Waals surface area contributed by atoms with Gasteiger partial charge in [-0.05, 0) is 25.7 Å². The van der Waals surface area contributed by atoms with Crippen molar-refractivity contribution in [3.05, 3.63) is 12.4 Å². The van der Waals surface area contributed by atoms with E-state index in [1.54, 1.807) is 0 Å². The van der Waals surface area contributed by atoms with Gasteiger partial charge in [-0.25, -0.2) is 0 Å². The van der Waals surface area contributed by atoms with Crippen LogP contribution in [0.2, 0.25) is 0 Å². The number of hydrogen-bond donors (Lipinski definition) is 0. The summed E-state index contributed by atoms with van der Waals surface area (Å²) in [5.41, 5.74) is 0. The summed E-state index contributed by atoms with van der Waals surface area (Å²) in [5, 5.41) is 0. The van der Waals surface area contributed by atoms with Crippen molar-refractivity contribution in [1.29, 1.82) is 0 Å². The van der Waals surface area contributed by atoms with Crippen LogP contribution in [0, 0.1) is 0 Å². The first-order valence-electron chi connectivity index (χ1n) is 17.5. The molecule has 0 aliphatic carbocycles. The summed E-state index contributed by atoms with van der Waals surface area (Å²) >= 11 is 0. The lowest BCUT2D eigenvalue weighted by Gasteiger charge is -2.33. The fourth-order valence-electron chi connectivity index (χ4n) is 6.01. The molecular weight excluding hydrogens is 448 g/mol. The van der Waals surface area contributed by atoms with Crippen LogP contribution in [0.1, 0.15) is 194 Å². The number of nitrogens with zero attached hydrogens (tertiary/aromatic N) is 2. The van der Waals surface area contributed by atoms with Gasteiger partial charge in [0.25, 0.3) is 0 Å². The number of hydrogen-bond acceptors (Lipinski definition) is 2. The minimum atomic E-state index is 0.642. The first-order chi connectivity index (χ1) is 18.3. The standard InChI is InChI=1S/C35H70N2/c1-4-7-10-12-14-16-18-20-22-24-26-29-32-37-34-33-36(31-28-9-6-3)35(37)30-27-25-23-21-19-17-15-13-11-8-5-2/h33-35H,4-32H2,1-3H3. The van der Waals surface area contributed by atoms with Gasteiger partial charge < -0.3 is 9.80 Å². The molecule has 0 fully saturated rings. The average molecular weight is 519 g/mol. The van der Waals surface area contributed by atoms with E-state index in [0.717, 1.165) is 0 Å². The lowest BCUT2D eigenvalue weighted by atomic mass is 10.0. The van der Waals surface area contributed by atoms with Crippen LogP contribution in [0.3, 0.4) is 0 Å². The molecule has 0 radical (unpaired) electrons. The first-order valence-corrected chi connectivity index (χ1v) is 17.5. The Kier molecular flexibility index (Phi) is 25.0. The van der Waals surface area contributed by atoms with Crippen molar-refractivity contribution in [3.63, 3.8) is 0 Å². The quantitative estimate of drug-likeness (QED) is 0.0908. The molecule has 1 heterocycles. The Labute approximate surface area is 235 Å². The largest absolute Gasteiger partial charge is 0.356 e. The topological polar surface area (TPSA) is 6.48 Å². The van der Waals surface area contributed by atoms with Gasteiger partial charge >= 0.3 is 0 Å². The van der Waals surface area contributed by atoms with Gasteiger partial charge in [-0.15, -0.1) is 0 Å². The third-order valence-electron chi connectivity index (χ3n) is 8.57. The molecule has 1 rings (SSSR count). The predicted molar refractivity (Wildman–Crippen MR) is 168 cm³/mol. The number of rotatable bonds is 29. The Morgan fingerprint density at radius 1 is 0.351 bits per heavy atom. The van der Waals surface area contributed by atoms with Crippen molar-refractivity contribution in [2.24, 2.45) is 0 Å². The summed E-state index contributed by atoms with van der Waals surface area (Å²) < 4.78 is 0. The molecule has 1 aliphatic rings. The monoisotopic (exact) mass is 519 g/mol. The molecule has 0 saturated heterocycles. The lowest BCUT2D eigenvalue weighted by Crippen LogP contribution is -2.39. The predicted octanol–water partition coefficient (Wildman–Crippen LogP) is 12.0. The van der Waals surface area contributed by atoms with E-state index in [1.807, 2.05) is 0 Å². The Balaban J connectivity index is 2.13. The van der Waals surface area contributed by atoms with E-state index < -0.39 is 0 Å². The molecule has 0 saturated carbocycles. The fraction of sp³-hybridized carbons (Fsp3) is 0.943. The van der Waals surface area contributed by atoms with Crippen molar-refractivity contribution < 1.29 is 0 Å². The van der Waals surface area contributed by atoms with Crippen LogP contribution in [0.25, 0.3) is 0 Å². The molecule has 0 amide bonds. The van der Waals surface area contributed by atoms with Gasteiger partial charge in [0.05, 0.1) is 0 Å². The summed E-state index contributed by atoms with van der Waals surface area (Å²) in [7, 11) is 0. The van der Waals surface area contributed by atoms with Gasteiger partial charge in [0.1, 0.15) is 6.17 Å². The minimum Gasteiger partial charge on any atom is -0.356 e. The van der Waals surface area contributed by atoms with E-state index in [9.17, 15) is 0 Å².